The number of carbonyl (C=O) groups excluding carboxylic acids is 1. The summed E-state index contributed by atoms with van der Waals surface area (Å²) in [6.07, 6.45) is 1.43. The van der Waals surface area contributed by atoms with Crippen LogP contribution in [0.4, 0.5) is 8.78 Å². The molecule has 0 N–H and O–H groups in total. The van der Waals surface area contributed by atoms with Crippen LogP contribution in [0, 0.1) is 11.6 Å². The maximum absolute atomic E-state index is 13.3. The van der Waals surface area contributed by atoms with E-state index in [1.54, 1.807) is 19.3 Å². The Morgan fingerprint density at radius 2 is 2.12 bits per heavy atom. The Morgan fingerprint density at radius 1 is 1.35 bits per heavy atom. The van der Waals surface area contributed by atoms with E-state index in [-0.39, 0.29) is 23.5 Å². The highest BCUT2D eigenvalue weighted by molar-refractivity contribution is 5.95. The van der Waals surface area contributed by atoms with Gasteiger partial charge in [0.15, 0.2) is 5.78 Å². The van der Waals surface area contributed by atoms with Crippen LogP contribution in [-0.4, -0.2) is 15.6 Å². The number of rotatable bonds is 3. The Labute approximate surface area is 96.7 Å². The van der Waals surface area contributed by atoms with Gasteiger partial charge in [-0.2, -0.15) is 5.10 Å². The molecular formula is C12H10F2N2O. The molecule has 17 heavy (non-hydrogen) atoms. The number of halogens is 2. The number of aromatic nitrogens is 2. The molecule has 0 amide bonds. The highest BCUT2D eigenvalue weighted by Gasteiger charge is 2.13. The second-order valence-corrected chi connectivity index (χ2v) is 3.71. The zero-order chi connectivity index (χ0) is 12.4. The number of ketones is 1. The second kappa shape index (κ2) is 4.45. The molecule has 0 radical (unpaired) electrons. The van der Waals surface area contributed by atoms with Crippen molar-refractivity contribution in [2.24, 2.45) is 7.05 Å². The third-order valence-electron chi connectivity index (χ3n) is 2.36. The molecule has 0 aliphatic heterocycles. The van der Waals surface area contributed by atoms with E-state index in [9.17, 15) is 13.6 Å². The van der Waals surface area contributed by atoms with E-state index < -0.39 is 11.6 Å². The standard InChI is InChI=1S/C12H10F2N2O/c1-16-5-4-11(15-16)12(17)7-8-6-9(13)2-3-10(8)14/h2-6H,7H2,1H3. The molecule has 0 atom stereocenters. The molecule has 1 aromatic heterocycles. The summed E-state index contributed by atoms with van der Waals surface area (Å²) in [7, 11) is 1.68. The monoisotopic (exact) mass is 236 g/mol. The lowest BCUT2D eigenvalue weighted by molar-refractivity contribution is 0.0986. The van der Waals surface area contributed by atoms with E-state index in [1.807, 2.05) is 0 Å². The Bertz CT molecular complexity index is 563. The van der Waals surface area contributed by atoms with Gasteiger partial charge in [0.1, 0.15) is 17.3 Å². The third kappa shape index (κ3) is 2.55. The Hall–Kier alpha value is -2.04. The van der Waals surface area contributed by atoms with Gasteiger partial charge in [0.05, 0.1) is 0 Å². The van der Waals surface area contributed by atoms with Crippen LogP contribution >= 0.6 is 0 Å². The maximum Gasteiger partial charge on any atom is 0.187 e. The maximum atomic E-state index is 13.3. The number of aryl methyl sites for hydroxylation is 1. The molecule has 1 aromatic carbocycles. The predicted octanol–water partition coefficient (Wildman–Crippen LogP) is 2.12. The summed E-state index contributed by atoms with van der Waals surface area (Å²) in [6.45, 7) is 0. The van der Waals surface area contributed by atoms with E-state index in [0.29, 0.717) is 0 Å². The van der Waals surface area contributed by atoms with Gasteiger partial charge in [-0.1, -0.05) is 0 Å². The van der Waals surface area contributed by atoms with Crippen molar-refractivity contribution in [1.82, 2.24) is 9.78 Å². The molecule has 0 bridgehead atoms. The number of hydrogen-bond acceptors (Lipinski definition) is 2. The first kappa shape index (κ1) is 11.4. The first-order valence-electron chi connectivity index (χ1n) is 5.03. The normalized spacial score (nSPS) is 10.5. The predicted molar refractivity (Wildman–Crippen MR) is 57.6 cm³/mol. The number of hydrogen-bond donors (Lipinski definition) is 0. The molecule has 88 valence electrons. The van der Waals surface area contributed by atoms with Crippen LogP contribution in [0.5, 0.6) is 0 Å². The van der Waals surface area contributed by atoms with Crippen molar-refractivity contribution in [1.29, 1.82) is 0 Å². The fourth-order valence-electron chi connectivity index (χ4n) is 1.51. The smallest absolute Gasteiger partial charge is 0.187 e. The van der Waals surface area contributed by atoms with E-state index in [0.717, 1.165) is 18.2 Å². The average molecular weight is 236 g/mol. The first-order chi connectivity index (χ1) is 8.06. The Kier molecular flexibility index (Phi) is 2.99. The molecule has 2 aromatic rings. The molecule has 2 rings (SSSR count). The van der Waals surface area contributed by atoms with Crippen LogP contribution in [-0.2, 0) is 13.5 Å². The molecule has 0 unspecified atom stereocenters. The van der Waals surface area contributed by atoms with Gasteiger partial charge in [0.2, 0.25) is 0 Å². The summed E-state index contributed by atoms with van der Waals surface area (Å²) in [6, 6.07) is 4.59. The number of nitrogens with zero attached hydrogens (tertiary/aromatic N) is 2. The Morgan fingerprint density at radius 3 is 2.76 bits per heavy atom. The van der Waals surface area contributed by atoms with Crippen LogP contribution in [0.15, 0.2) is 30.5 Å². The zero-order valence-electron chi connectivity index (χ0n) is 9.15. The lowest BCUT2D eigenvalue weighted by Gasteiger charge is -2.01. The molecule has 3 nitrogen and oxygen atoms in total. The van der Waals surface area contributed by atoms with Gasteiger partial charge in [-0.05, 0) is 29.8 Å². The van der Waals surface area contributed by atoms with E-state index in [1.165, 1.54) is 4.68 Å². The minimum Gasteiger partial charge on any atom is -0.292 e. The van der Waals surface area contributed by atoms with Crippen LogP contribution in [0.3, 0.4) is 0 Å². The minimum absolute atomic E-state index is 0.0423. The van der Waals surface area contributed by atoms with Gasteiger partial charge in [-0.3, -0.25) is 9.48 Å². The summed E-state index contributed by atoms with van der Waals surface area (Å²) < 4.78 is 27.7. The molecule has 0 spiro atoms. The molecule has 0 saturated carbocycles. The quantitative estimate of drug-likeness (QED) is 0.765. The number of Topliss-reactive ketones (excluding diaryl/α,β-unsaturated/α-hetero) is 1. The Balaban J connectivity index is 2.21. The number of benzene rings is 1. The average Bonchev–Trinajstić information content (AvgIpc) is 2.70. The van der Waals surface area contributed by atoms with Crippen molar-refractivity contribution in [3.63, 3.8) is 0 Å². The van der Waals surface area contributed by atoms with Crippen LogP contribution in [0.25, 0.3) is 0 Å². The van der Waals surface area contributed by atoms with Gasteiger partial charge >= 0.3 is 0 Å². The fraction of sp³-hybridized carbons (Fsp3) is 0.167. The van der Waals surface area contributed by atoms with Gasteiger partial charge < -0.3 is 0 Å². The fourth-order valence-corrected chi connectivity index (χ4v) is 1.51. The van der Waals surface area contributed by atoms with Gasteiger partial charge in [0, 0.05) is 19.7 Å². The van der Waals surface area contributed by atoms with Crippen molar-refractivity contribution in [3.8, 4) is 0 Å². The van der Waals surface area contributed by atoms with Crippen molar-refractivity contribution in [2.75, 3.05) is 0 Å². The summed E-state index contributed by atoms with van der Waals surface area (Å²) >= 11 is 0. The first-order valence-corrected chi connectivity index (χ1v) is 5.03. The van der Waals surface area contributed by atoms with Crippen LogP contribution in [0.2, 0.25) is 0 Å². The van der Waals surface area contributed by atoms with Crippen LogP contribution in [0.1, 0.15) is 16.1 Å². The van der Waals surface area contributed by atoms with E-state index in [4.69, 9.17) is 0 Å². The molecule has 0 fully saturated rings. The highest BCUT2D eigenvalue weighted by Crippen LogP contribution is 2.12. The zero-order valence-corrected chi connectivity index (χ0v) is 9.15. The van der Waals surface area contributed by atoms with E-state index in [2.05, 4.69) is 5.10 Å². The minimum atomic E-state index is -0.587. The molecule has 5 heteroatoms. The summed E-state index contributed by atoms with van der Waals surface area (Å²) in [5, 5.41) is 3.91. The highest BCUT2D eigenvalue weighted by atomic mass is 19.1. The lowest BCUT2D eigenvalue weighted by atomic mass is 10.1. The molecule has 0 aliphatic carbocycles. The van der Waals surface area contributed by atoms with Crippen molar-refractivity contribution in [3.05, 3.63) is 53.4 Å². The topological polar surface area (TPSA) is 34.9 Å². The SMILES string of the molecule is Cn1ccc(C(=O)Cc2cc(F)ccc2F)n1. The van der Waals surface area contributed by atoms with Crippen LogP contribution < -0.4 is 0 Å². The summed E-state index contributed by atoms with van der Waals surface area (Å²) in [4.78, 5) is 11.7. The number of carbonyl (C=O) groups is 1. The molecule has 1 heterocycles. The second-order valence-electron chi connectivity index (χ2n) is 3.71. The summed E-state index contributed by atoms with van der Waals surface area (Å²) in [5.74, 6) is -1.49. The molecular weight excluding hydrogens is 226 g/mol. The van der Waals surface area contributed by atoms with E-state index >= 15 is 0 Å². The lowest BCUT2D eigenvalue weighted by Crippen LogP contribution is -2.07. The van der Waals surface area contributed by atoms with Crippen molar-refractivity contribution in [2.45, 2.75) is 6.42 Å². The molecule has 0 saturated heterocycles. The largest absolute Gasteiger partial charge is 0.292 e. The van der Waals surface area contributed by atoms with Gasteiger partial charge in [-0.25, -0.2) is 8.78 Å². The van der Waals surface area contributed by atoms with Gasteiger partial charge in [-0.15, -0.1) is 0 Å². The van der Waals surface area contributed by atoms with Crippen molar-refractivity contribution < 1.29 is 13.6 Å². The summed E-state index contributed by atoms with van der Waals surface area (Å²) in [5.41, 5.74) is 0.289. The van der Waals surface area contributed by atoms with Crippen molar-refractivity contribution >= 4 is 5.78 Å². The molecule has 0 aliphatic rings. The van der Waals surface area contributed by atoms with Gasteiger partial charge in [0.25, 0.3) is 0 Å². The third-order valence-corrected chi connectivity index (χ3v) is 2.36.